The van der Waals surface area contributed by atoms with Gasteiger partial charge in [0, 0.05) is 17.7 Å². The molecule has 5 rings (SSSR count). The number of rotatable bonds is 5. The molecule has 0 bridgehead atoms. The van der Waals surface area contributed by atoms with E-state index in [1.165, 1.54) is 30.3 Å². The highest BCUT2D eigenvalue weighted by Gasteiger charge is 2.38. The predicted octanol–water partition coefficient (Wildman–Crippen LogP) is 7.54. The van der Waals surface area contributed by atoms with Crippen molar-refractivity contribution in [3.8, 4) is 11.3 Å². The molecule has 36 heavy (non-hydrogen) atoms. The minimum absolute atomic E-state index is 0.00656. The maximum Gasteiger partial charge on any atom is 0.337 e. The summed E-state index contributed by atoms with van der Waals surface area (Å²) >= 11 is 7.35. The molecule has 0 unspecified atom stereocenters. The van der Waals surface area contributed by atoms with Gasteiger partial charge in [0.2, 0.25) is 0 Å². The molecule has 2 aliphatic rings. The molecule has 0 atom stereocenters. The van der Waals surface area contributed by atoms with E-state index >= 15 is 0 Å². The zero-order valence-electron chi connectivity index (χ0n) is 19.7. The molecule has 1 aromatic heterocycles. The van der Waals surface area contributed by atoms with E-state index in [0.29, 0.717) is 27.2 Å². The summed E-state index contributed by atoms with van der Waals surface area (Å²) in [5.74, 6) is -0.163. The van der Waals surface area contributed by atoms with Crippen LogP contribution in [0.2, 0.25) is 5.02 Å². The van der Waals surface area contributed by atoms with Gasteiger partial charge in [-0.05, 0) is 74.0 Å². The van der Waals surface area contributed by atoms with Crippen LogP contribution in [-0.4, -0.2) is 33.1 Å². The van der Waals surface area contributed by atoms with Crippen molar-refractivity contribution < 1.29 is 19.1 Å². The lowest BCUT2D eigenvalue weighted by molar-refractivity contribution is -0.124. The Balaban J connectivity index is 1.45. The number of carbonyl (C=O) groups excluding carboxylic acids is 1. The van der Waals surface area contributed by atoms with Crippen LogP contribution in [-0.2, 0) is 4.79 Å². The number of amidine groups is 1. The van der Waals surface area contributed by atoms with Gasteiger partial charge >= 0.3 is 5.97 Å². The molecule has 2 aromatic carbocycles. The lowest BCUT2D eigenvalue weighted by Crippen LogP contribution is -2.40. The molecule has 0 spiro atoms. The molecule has 1 aliphatic carbocycles. The number of nitrogens with zero attached hydrogens (tertiary/aromatic N) is 2. The predicted molar refractivity (Wildman–Crippen MR) is 144 cm³/mol. The van der Waals surface area contributed by atoms with Gasteiger partial charge in [-0.1, -0.05) is 48.6 Å². The van der Waals surface area contributed by atoms with Crippen molar-refractivity contribution in [2.75, 3.05) is 0 Å². The fourth-order valence-corrected chi connectivity index (χ4v) is 5.75. The average molecular weight is 521 g/mol. The fraction of sp³-hybridized carbons (Fsp3) is 0.250. The van der Waals surface area contributed by atoms with E-state index in [2.05, 4.69) is 0 Å². The van der Waals surface area contributed by atoms with Crippen molar-refractivity contribution in [1.29, 1.82) is 0 Å². The Bertz CT molecular complexity index is 1370. The van der Waals surface area contributed by atoms with Crippen LogP contribution in [0.5, 0.6) is 0 Å². The second-order valence-corrected chi connectivity index (χ2v) is 10.4. The first-order valence-corrected chi connectivity index (χ1v) is 13.1. The smallest absolute Gasteiger partial charge is 0.337 e. The summed E-state index contributed by atoms with van der Waals surface area (Å²) in [7, 11) is 0. The topological polar surface area (TPSA) is 83.1 Å². The molecule has 0 radical (unpaired) electrons. The Morgan fingerprint density at radius 1 is 1.11 bits per heavy atom. The number of aromatic carboxylic acids is 1. The molecule has 6 nitrogen and oxygen atoms in total. The SMILES string of the molecule is Cc1ccc(N=C2S/C(=C/c3ccc(-c4ccc(Cl)c(C(=O)O)c4)o3)C(=O)N2C2CCCCC2)cc1. The van der Waals surface area contributed by atoms with E-state index in [4.69, 9.17) is 21.0 Å². The highest BCUT2D eigenvalue weighted by atomic mass is 35.5. The van der Waals surface area contributed by atoms with Crippen molar-refractivity contribution in [3.05, 3.63) is 81.4 Å². The largest absolute Gasteiger partial charge is 0.478 e. The minimum Gasteiger partial charge on any atom is -0.478 e. The van der Waals surface area contributed by atoms with E-state index < -0.39 is 5.97 Å². The van der Waals surface area contributed by atoms with Crippen LogP contribution in [0.4, 0.5) is 5.69 Å². The van der Waals surface area contributed by atoms with Gasteiger partial charge in [0.25, 0.3) is 5.91 Å². The number of aryl methyl sites for hydroxylation is 1. The number of hydrogen-bond acceptors (Lipinski definition) is 5. The number of benzene rings is 2. The fourth-order valence-electron chi connectivity index (χ4n) is 4.51. The number of thioether (sulfide) groups is 1. The lowest BCUT2D eigenvalue weighted by atomic mass is 9.94. The van der Waals surface area contributed by atoms with Crippen LogP contribution >= 0.6 is 23.4 Å². The maximum absolute atomic E-state index is 13.5. The van der Waals surface area contributed by atoms with Crippen LogP contribution in [0.15, 0.2) is 68.9 Å². The van der Waals surface area contributed by atoms with Crippen LogP contribution in [0, 0.1) is 6.92 Å². The molecule has 3 aromatic rings. The molecule has 8 heteroatoms. The summed E-state index contributed by atoms with van der Waals surface area (Å²) in [4.78, 5) is 32.2. The van der Waals surface area contributed by atoms with Crippen molar-refractivity contribution in [1.82, 2.24) is 4.90 Å². The van der Waals surface area contributed by atoms with Crippen LogP contribution in [0.25, 0.3) is 17.4 Å². The van der Waals surface area contributed by atoms with Gasteiger partial charge in [0.05, 0.1) is 21.2 Å². The monoisotopic (exact) mass is 520 g/mol. The normalized spacial score (nSPS) is 18.9. The standard InChI is InChI=1S/C28H25ClN2O4S/c1-17-7-10-19(11-8-17)30-28-31(20-5-3-2-4-6-20)26(32)25(36-28)16-21-12-14-24(35-21)18-9-13-23(29)22(15-18)27(33)34/h7-16,20H,2-6H2,1H3,(H,33,34)/b25-16+,30-28?. The lowest BCUT2D eigenvalue weighted by Gasteiger charge is -2.30. The second kappa shape index (κ2) is 10.4. The van der Waals surface area contributed by atoms with Crippen molar-refractivity contribution in [3.63, 3.8) is 0 Å². The number of furan rings is 1. The number of carboxylic acids is 1. The molecule has 1 saturated heterocycles. The van der Waals surface area contributed by atoms with Crippen LogP contribution < -0.4 is 0 Å². The zero-order valence-corrected chi connectivity index (χ0v) is 21.3. The van der Waals surface area contributed by atoms with E-state index in [0.717, 1.165) is 36.9 Å². The molecule has 2 fully saturated rings. The van der Waals surface area contributed by atoms with E-state index in [1.807, 2.05) is 36.1 Å². The van der Waals surface area contributed by atoms with E-state index in [1.54, 1.807) is 24.3 Å². The Kier molecular flexibility index (Phi) is 7.03. The van der Waals surface area contributed by atoms with Crippen LogP contribution in [0.1, 0.15) is 53.8 Å². The second-order valence-electron chi connectivity index (χ2n) is 9.01. The first-order valence-electron chi connectivity index (χ1n) is 11.9. The number of amides is 1. The summed E-state index contributed by atoms with van der Waals surface area (Å²) in [6.07, 6.45) is 7.09. The summed E-state index contributed by atoms with van der Waals surface area (Å²) in [5, 5.41) is 10.2. The summed E-state index contributed by atoms with van der Waals surface area (Å²) < 4.78 is 5.97. The van der Waals surface area contributed by atoms with Gasteiger partial charge in [-0.15, -0.1) is 0 Å². The van der Waals surface area contributed by atoms with E-state index in [9.17, 15) is 14.7 Å². The number of halogens is 1. The van der Waals surface area contributed by atoms with Gasteiger partial charge in [-0.2, -0.15) is 0 Å². The van der Waals surface area contributed by atoms with Crippen molar-refractivity contribution in [2.24, 2.45) is 4.99 Å². The summed E-state index contributed by atoms with van der Waals surface area (Å²) in [6.45, 7) is 2.03. The van der Waals surface area contributed by atoms with Crippen molar-refractivity contribution >= 4 is 52.2 Å². The third-order valence-electron chi connectivity index (χ3n) is 6.42. The van der Waals surface area contributed by atoms with E-state index in [-0.39, 0.29) is 22.5 Å². The first kappa shape index (κ1) is 24.4. The molecular weight excluding hydrogens is 496 g/mol. The summed E-state index contributed by atoms with van der Waals surface area (Å²) in [5.41, 5.74) is 2.57. The van der Waals surface area contributed by atoms with Gasteiger partial charge in [-0.3, -0.25) is 9.69 Å². The number of carbonyl (C=O) groups is 2. The molecule has 1 aliphatic heterocycles. The highest BCUT2D eigenvalue weighted by molar-refractivity contribution is 8.18. The third kappa shape index (κ3) is 5.13. The zero-order chi connectivity index (χ0) is 25.2. The number of aliphatic imine (C=N–C) groups is 1. The Morgan fingerprint density at radius 2 is 1.86 bits per heavy atom. The third-order valence-corrected chi connectivity index (χ3v) is 7.73. The molecular formula is C28H25ClN2O4S. The molecule has 1 N–H and O–H groups in total. The van der Waals surface area contributed by atoms with Gasteiger partial charge in [-0.25, -0.2) is 9.79 Å². The van der Waals surface area contributed by atoms with Crippen molar-refractivity contribution in [2.45, 2.75) is 45.1 Å². The Hall–Kier alpha value is -3.29. The Labute approximate surface area is 218 Å². The first-order chi connectivity index (χ1) is 17.4. The summed E-state index contributed by atoms with van der Waals surface area (Å²) in [6, 6.07) is 16.3. The molecule has 184 valence electrons. The minimum atomic E-state index is -1.10. The number of carboxylic acid groups (broad SMARTS) is 1. The molecule has 1 amide bonds. The highest BCUT2D eigenvalue weighted by Crippen LogP contribution is 2.39. The Morgan fingerprint density at radius 3 is 2.58 bits per heavy atom. The maximum atomic E-state index is 13.5. The number of hydrogen-bond donors (Lipinski definition) is 1. The molecule has 2 heterocycles. The van der Waals surface area contributed by atoms with Gasteiger partial charge in [0.15, 0.2) is 5.17 Å². The van der Waals surface area contributed by atoms with Gasteiger partial charge in [0.1, 0.15) is 11.5 Å². The van der Waals surface area contributed by atoms with Crippen LogP contribution in [0.3, 0.4) is 0 Å². The van der Waals surface area contributed by atoms with Gasteiger partial charge < -0.3 is 9.52 Å². The average Bonchev–Trinajstić information content (AvgIpc) is 3.46. The quantitative estimate of drug-likeness (QED) is 0.351. The molecule has 1 saturated carbocycles.